The summed E-state index contributed by atoms with van der Waals surface area (Å²) in [5.74, 6) is -0.851. The fraction of sp³-hybridized carbons (Fsp3) is 0.167. The van der Waals surface area contributed by atoms with Crippen LogP contribution in [0.25, 0.3) is 0 Å². The quantitative estimate of drug-likeness (QED) is 0.820. The molecule has 6 heteroatoms. The van der Waals surface area contributed by atoms with Gasteiger partial charge in [-0.15, -0.1) is 0 Å². The Morgan fingerprint density at radius 1 is 0.833 bits per heavy atom. The molecule has 2 N–H and O–H groups in total. The number of methoxy groups -OCH3 is 1. The Morgan fingerprint density at radius 3 is 1.88 bits per heavy atom. The maximum Gasteiger partial charge on any atom is 0.337 e. The van der Waals surface area contributed by atoms with E-state index in [-0.39, 0.29) is 11.8 Å². The van der Waals surface area contributed by atoms with Crippen LogP contribution in [0.4, 0.5) is 0 Å². The number of esters is 1. The van der Waals surface area contributed by atoms with Crippen LogP contribution in [-0.2, 0) is 11.3 Å². The lowest BCUT2D eigenvalue weighted by Gasteiger charge is -2.07. The fourth-order valence-corrected chi connectivity index (χ4v) is 2.08. The summed E-state index contributed by atoms with van der Waals surface area (Å²) in [6.45, 7) is 0.339. The third kappa shape index (κ3) is 4.19. The van der Waals surface area contributed by atoms with Crippen molar-refractivity contribution >= 4 is 17.8 Å². The number of rotatable bonds is 5. The van der Waals surface area contributed by atoms with Gasteiger partial charge in [0.2, 0.25) is 0 Å². The number of hydrogen-bond donors (Lipinski definition) is 2. The van der Waals surface area contributed by atoms with Crippen LogP contribution in [0.5, 0.6) is 0 Å². The normalized spacial score (nSPS) is 9.92. The zero-order valence-electron chi connectivity index (χ0n) is 13.5. The van der Waals surface area contributed by atoms with Crippen LogP contribution in [0.2, 0.25) is 0 Å². The number of nitrogens with one attached hydrogen (secondary N) is 2. The molecule has 2 amide bonds. The molecule has 0 aliphatic carbocycles. The summed E-state index contributed by atoms with van der Waals surface area (Å²) in [5.41, 5.74) is 2.27. The summed E-state index contributed by atoms with van der Waals surface area (Å²) in [6.07, 6.45) is 0. The number of hydrogen-bond acceptors (Lipinski definition) is 4. The Balaban J connectivity index is 1.95. The van der Waals surface area contributed by atoms with Gasteiger partial charge in [0.1, 0.15) is 0 Å². The monoisotopic (exact) mass is 326 g/mol. The average molecular weight is 326 g/mol. The second kappa shape index (κ2) is 7.92. The highest BCUT2D eigenvalue weighted by Gasteiger charge is 2.09. The van der Waals surface area contributed by atoms with Crippen molar-refractivity contribution in [1.29, 1.82) is 0 Å². The first-order valence-corrected chi connectivity index (χ1v) is 7.32. The molecule has 2 aromatic carbocycles. The van der Waals surface area contributed by atoms with E-state index in [1.165, 1.54) is 7.11 Å². The number of amides is 2. The van der Waals surface area contributed by atoms with Gasteiger partial charge in [0.15, 0.2) is 0 Å². The third-order valence-electron chi connectivity index (χ3n) is 3.46. The van der Waals surface area contributed by atoms with Crippen LogP contribution in [0.15, 0.2) is 48.5 Å². The van der Waals surface area contributed by atoms with Crippen molar-refractivity contribution in [2.75, 3.05) is 14.2 Å². The van der Waals surface area contributed by atoms with E-state index in [1.54, 1.807) is 55.6 Å². The molecule has 2 rings (SSSR count). The lowest BCUT2D eigenvalue weighted by atomic mass is 10.1. The Bertz CT molecular complexity index is 737. The molecule has 2 aromatic rings. The van der Waals surface area contributed by atoms with Gasteiger partial charge in [-0.3, -0.25) is 9.59 Å². The fourth-order valence-electron chi connectivity index (χ4n) is 2.08. The average Bonchev–Trinajstić information content (AvgIpc) is 2.65. The topological polar surface area (TPSA) is 84.5 Å². The van der Waals surface area contributed by atoms with Gasteiger partial charge in [-0.25, -0.2) is 4.79 Å². The van der Waals surface area contributed by atoms with Crippen LogP contribution in [0.3, 0.4) is 0 Å². The Labute approximate surface area is 139 Å². The standard InChI is InChI=1S/C18H18N2O4/c1-19-16(21)13-5-3-12(4-6-13)11-20-17(22)14-7-9-15(10-8-14)18(23)24-2/h3-10H,11H2,1-2H3,(H,19,21)(H,20,22). The van der Waals surface area contributed by atoms with Crippen molar-refractivity contribution in [3.63, 3.8) is 0 Å². The maximum atomic E-state index is 12.1. The maximum absolute atomic E-state index is 12.1. The van der Waals surface area contributed by atoms with Crippen molar-refractivity contribution in [2.24, 2.45) is 0 Å². The zero-order chi connectivity index (χ0) is 17.5. The highest BCUT2D eigenvalue weighted by Crippen LogP contribution is 2.07. The van der Waals surface area contributed by atoms with Gasteiger partial charge in [-0.1, -0.05) is 12.1 Å². The predicted molar refractivity (Wildman–Crippen MR) is 88.8 cm³/mol. The molecule has 0 spiro atoms. The summed E-state index contributed by atoms with van der Waals surface area (Å²) in [6, 6.07) is 13.2. The molecule has 0 aliphatic heterocycles. The van der Waals surface area contributed by atoms with E-state index in [2.05, 4.69) is 15.4 Å². The lowest BCUT2D eigenvalue weighted by Crippen LogP contribution is -2.23. The molecule has 0 saturated heterocycles. The lowest BCUT2D eigenvalue weighted by molar-refractivity contribution is 0.0600. The van der Waals surface area contributed by atoms with Crippen molar-refractivity contribution in [3.05, 3.63) is 70.8 Å². The van der Waals surface area contributed by atoms with Crippen LogP contribution >= 0.6 is 0 Å². The minimum absolute atomic E-state index is 0.156. The molecule has 0 aromatic heterocycles. The third-order valence-corrected chi connectivity index (χ3v) is 3.46. The molecule has 0 atom stereocenters. The Hall–Kier alpha value is -3.15. The number of carbonyl (C=O) groups is 3. The molecular formula is C18H18N2O4. The van der Waals surface area contributed by atoms with E-state index in [1.807, 2.05) is 0 Å². The number of carbonyl (C=O) groups excluding carboxylic acids is 3. The SMILES string of the molecule is CNC(=O)c1ccc(CNC(=O)c2ccc(C(=O)OC)cc2)cc1. The summed E-state index contributed by atoms with van der Waals surface area (Å²) in [4.78, 5) is 34.9. The van der Waals surface area contributed by atoms with E-state index in [9.17, 15) is 14.4 Å². The van der Waals surface area contributed by atoms with E-state index >= 15 is 0 Å². The van der Waals surface area contributed by atoms with Gasteiger partial charge in [-0.2, -0.15) is 0 Å². The summed E-state index contributed by atoms with van der Waals surface area (Å²) in [5, 5.41) is 5.33. The van der Waals surface area contributed by atoms with E-state index in [4.69, 9.17) is 0 Å². The van der Waals surface area contributed by atoms with Crippen molar-refractivity contribution < 1.29 is 19.1 Å². The van der Waals surface area contributed by atoms with Gasteiger partial charge in [0.25, 0.3) is 11.8 Å². The number of benzene rings is 2. The van der Waals surface area contributed by atoms with Crippen LogP contribution in [-0.4, -0.2) is 31.9 Å². The Kier molecular flexibility index (Phi) is 5.68. The molecule has 0 fully saturated rings. The van der Waals surface area contributed by atoms with Crippen molar-refractivity contribution in [3.8, 4) is 0 Å². The van der Waals surface area contributed by atoms with Gasteiger partial charge in [0.05, 0.1) is 12.7 Å². The van der Waals surface area contributed by atoms with E-state index in [0.29, 0.717) is 23.2 Å². The van der Waals surface area contributed by atoms with Crippen LogP contribution < -0.4 is 10.6 Å². The molecule has 24 heavy (non-hydrogen) atoms. The van der Waals surface area contributed by atoms with Gasteiger partial charge < -0.3 is 15.4 Å². The molecule has 0 aliphatic rings. The van der Waals surface area contributed by atoms with E-state index in [0.717, 1.165) is 5.56 Å². The van der Waals surface area contributed by atoms with Gasteiger partial charge >= 0.3 is 5.97 Å². The van der Waals surface area contributed by atoms with Crippen molar-refractivity contribution in [2.45, 2.75) is 6.54 Å². The zero-order valence-corrected chi connectivity index (χ0v) is 13.5. The first-order valence-electron chi connectivity index (χ1n) is 7.32. The second-order valence-electron chi connectivity index (χ2n) is 5.03. The summed E-state index contributed by atoms with van der Waals surface area (Å²) < 4.78 is 4.61. The smallest absolute Gasteiger partial charge is 0.337 e. The minimum Gasteiger partial charge on any atom is -0.465 e. The van der Waals surface area contributed by atoms with Crippen LogP contribution in [0.1, 0.15) is 36.6 Å². The first-order chi connectivity index (χ1) is 11.5. The molecule has 0 radical (unpaired) electrons. The minimum atomic E-state index is -0.446. The number of ether oxygens (including phenoxy) is 1. The molecule has 124 valence electrons. The molecule has 6 nitrogen and oxygen atoms in total. The van der Waals surface area contributed by atoms with E-state index < -0.39 is 5.97 Å². The molecule has 0 bridgehead atoms. The highest BCUT2D eigenvalue weighted by atomic mass is 16.5. The second-order valence-corrected chi connectivity index (χ2v) is 5.03. The highest BCUT2D eigenvalue weighted by molar-refractivity contribution is 5.96. The molecular weight excluding hydrogens is 308 g/mol. The largest absolute Gasteiger partial charge is 0.465 e. The molecule has 0 heterocycles. The summed E-state index contributed by atoms with van der Waals surface area (Å²) >= 11 is 0. The van der Waals surface area contributed by atoms with Crippen LogP contribution in [0, 0.1) is 0 Å². The van der Waals surface area contributed by atoms with Gasteiger partial charge in [0, 0.05) is 24.7 Å². The van der Waals surface area contributed by atoms with Crippen molar-refractivity contribution in [1.82, 2.24) is 10.6 Å². The molecule has 0 saturated carbocycles. The first kappa shape index (κ1) is 17.2. The Morgan fingerprint density at radius 2 is 1.33 bits per heavy atom. The predicted octanol–water partition coefficient (Wildman–Crippen LogP) is 1.76. The summed E-state index contributed by atoms with van der Waals surface area (Å²) in [7, 11) is 2.88. The molecule has 0 unspecified atom stereocenters. The van der Waals surface area contributed by atoms with Gasteiger partial charge in [-0.05, 0) is 42.0 Å².